The fourth-order valence-electron chi connectivity index (χ4n) is 1.44. The molecule has 0 fully saturated rings. The maximum Gasteiger partial charge on any atom is 0.328 e. The summed E-state index contributed by atoms with van der Waals surface area (Å²) in [6.07, 6.45) is 6.06. The lowest BCUT2D eigenvalue weighted by atomic mass is 10.1. The number of hydrogen-bond donors (Lipinski definition) is 1. The summed E-state index contributed by atoms with van der Waals surface area (Å²) >= 11 is 0. The van der Waals surface area contributed by atoms with Crippen LogP contribution in [-0.4, -0.2) is 25.0 Å². The topological polar surface area (TPSA) is 55.4 Å². The van der Waals surface area contributed by atoms with E-state index in [1.54, 1.807) is 6.92 Å². The number of ether oxygens (including phenoxy) is 1. The number of methoxy groups -OCH3 is 1. The van der Waals surface area contributed by atoms with Gasteiger partial charge in [-0.2, -0.15) is 0 Å². The predicted octanol–water partition coefficient (Wildman–Crippen LogP) is 2.02. The molecule has 0 bridgehead atoms. The van der Waals surface area contributed by atoms with E-state index >= 15 is 0 Å². The Morgan fingerprint density at radius 1 is 1.19 bits per heavy atom. The molecule has 0 radical (unpaired) electrons. The van der Waals surface area contributed by atoms with Crippen LogP contribution < -0.4 is 5.32 Å². The third-order valence-electron chi connectivity index (χ3n) is 2.44. The van der Waals surface area contributed by atoms with Gasteiger partial charge in [-0.15, -0.1) is 0 Å². The van der Waals surface area contributed by atoms with Crippen molar-refractivity contribution >= 4 is 11.9 Å². The molecular weight excluding hydrogens is 206 g/mol. The smallest absolute Gasteiger partial charge is 0.328 e. The van der Waals surface area contributed by atoms with Crippen LogP contribution in [-0.2, 0) is 14.3 Å². The monoisotopic (exact) mass is 229 g/mol. The third-order valence-corrected chi connectivity index (χ3v) is 2.44. The van der Waals surface area contributed by atoms with Crippen molar-refractivity contribution < 1.29 is 14.3 Å². The molecular formula is C12H23NO3. The first kappa shape index (κ1) is 14.9. The number of carbonyl (C=O) groups is 2. The summed E-state index contributed by atoms with van der Waals surface area (Å²) in [5.74, 6) is -0.478. The van der Waals surface area contributed by atoms with Crippen molar-refractivity contribution in [2.45, 2.75) is 58.4 Å². The Morgan fingerprint density at radius 2 is 1.81 bits per heavy atom. The van der Waals surface area contributed by atoms with E-state index < -0.39 is 12.0 Å². The van der Waals surface area contributed by atoms with Crippen molar-refractivity contribution in [2.24, 2.45) is 0 Å². The third kappa shape index (κ3) is 7.26. The van der Waals surface area contributed by atoms with Crippen LogP contribution in [0.15, 0.2) is 0 Å². The molecule has 0 saturated heterocycles. The highest BCUT2D eigenvalue weighted by Crippen LogP contribution is 2.04. The van der Waals surface area contributed by atoms with Crippen LogP contribution in [0.1, 0.15) is 52.4 Å². The molecule has 0 heterocycles. The molecule has 4 nitrogen and oxygen atoms in total. The molecule has 94 valence electrons. The highest BCUT2D eigenvalue weighted by Gasteiger charge is 2.14. The van der Waals surface area contributed by atoms with Crippen LogP contribution in [0.25, 0.3) is 0 Å². The summed E-state index contributed by atoms with van der Waals surface area (Å²) in [4.78, 5) is 22.4. The fraction of sp³-hybridized carbons (Fsp3) is 0.833. The molecule has 0 spiro atoms. The Labute approximate surface area is 97.7 Å². The quantitative estimate of drug-likeness (QED) is 0.512. The van der Waals surface area contributed by atoms with Gasteiger partial charge in [0.15, 0.2) is 0 Å². The van der Waals surface area contributed by atoms with Crippen molar-refractivity contribution in [2.75, 3.05) is 7.11 Å². The molecule has 1 amide bonds. The second kappa shape index (κ2) is 9.19. The van der Waals surface area contributed by atoms with Crippen LogP contribution in [0.2, 0.25) is 0 Å². The highest BCUT2D eigenvalue weighted by atomic mass is 16.5. The molecule has 0 unspecified atom stereocenters. The maximum absolute atomic E-state index is 11.4. The van der Waals surface area contributed by atoms with Gasteiger partial charge < -0.3 is 10.1 Å². The molecule has 0 aromatic carbocycles. The Hall–Kier alpha value is -1.06. The minimum Gasteiger partial charge on any atom is -0.467 e. The number of amides is 1. The molecule has 1 atom stereocenters. The SMILES string of the molecule is CCCCCCCC(=O)N[C@@H](C)C(=O)OC. The minimum absolute atomic E-state index is 0.0746. The van der Waals surface area contributed by atoms with E-state index in [2.05, 4.69) is 17.0 Å². The lowest BCUT2D eigenvalue weighted by Gasteiger charge is -2.11. The van der Waals surface area contributed by atoms with Crippen LogP contribution in [0.3, 0.4) is 0 Å². The number of unbranched alkanes of at least 4 members (excludes halogenated alkanes) is 4. The molecule has 0 rings (SSSR count). The Kier molecular flexibility index (Phi) is 8.58. The number of hydrogen-bond acceptors (Lipinski definition) is 3. The van der Waals surface area contributed by atoms with Crippen LogP contribution in [0.5, 0.6) is 0 Å². The van der Waals surface area contributed by atoms with Gasteiger partial charge in [0.2, 0.25) is 5.91 Å². The van der Waals surface area contributed by atoms with Gasteiger partial charge in [-0.3, -0.25) is 4.79 Å². The van der Waals surface area contributed by atoms with Crippen molar-refractivity contribution in [1.82, 2.24) is 5.32 Å². The summed E-state index contributed by atoms with van der Waals surface area (Å²) in [7, 11) is 1.32. The standard InChI is InChI=1S/C12H23NO3/c1-4-5-6-7-8-9-11(14)13-10(2)12(15)16-3/h10H,4-9H2,1-3H3,(H,13,14)/t10-/m0/s1. The predicted molar refractivity (Wildman–Crippen MR) is 63.0 cm³/mol. The van der Waals surface area contributed by atoms with E-state index in [0.717, 1.165) is 12.8 Å². The molecule has 0 aromatic rings. The molecule has 0 aliphatic heterocycles. The first-order chi connectivity index (χ1) is 7.61. The van der Waals surface area contributed by atoms with Crippen molar-refractivity contribution in [1.29, 1.82) is 0 Å². The van der Waals surface area contributed by atoms with Gasteiger partial charge in [0.25, 0.3) is 0 Å². The average Bonchev–Trinajstić information content (AvgIpc) is 2.27. The highest BCUT2D eigenvalue weighted by molar-refractivity contribution is 5.83. The molecule has 0 saturated carbocycles. The Balaban J connectivity index is 3.54. The zero-order chi connectivity index (χ0) is 12.4. The molecule has 1 N–H and O–H groups in total. The molecule has 16 heavy (non-hydrogen) atoms. The number of rotatable bonds is 8. The van der Waals surface area contributed by atoms with E-state index in [9.17, 15) is 9.59 Å². The van der Waals surface area contributed by atoms with Crippen molar-refractivity contribution in [3.63, 3.8) is 0 Å². The lowest BCUT2D eigenvalue weighted by Crippen LogP contribution is -2.38. The van der Waals surface area contributed by atoms with Crippen molar-refractivity contribution in [3.8, 4) is 0 Å². The normalized spacial score (nSPS) is 11.9. The van der Waals surface area contributed by atoms with Gasteiger partial charge in [0.05, 0.1) is 7.11 Å². The lowest BCUT2D eigenvalue weighted by molar-refractivity contribution is -0.144. The number of carbonyl (C=O) groups excluding carboxylic acids is 2. The Bertz CT molecular complexity index is 216. The van der Waals surface area contributed by atoms with Gasteiger partial charge in [-0.1, -0.05) is 32.6 Å². The first-order valence-corrected chi connectivity index (χ1v) is 5.99. The maximum atomic E-state index is 11.4. The van der Waals surface area contributed by atoms with E-state index in [4.69, 9.17) is 0 Å². The van der Waals surface area contributed by atoms with Gasteiger partial charge in [-0.05, 0) is 13.3 Å². The number of esters is 1. The van der Waals surface area contributed by atoms with Gasteiger partial charge in [-0.25, -0.2) is 4.79 Å². The van der Waals surface area contributed by atoms with Crippen molar-refractivity contribution in [3.05, 3.63) is 0 Å². The Morgan fingerprint density at radius 3 is 2.38 bits per heavy atom. The van der Waals surface area contributed by atoms with E-state index in [1.807, 2.05) is 0 Å². The fourth-order valence-corrected chi connectivity index (χ4v) is 1.44. The summed E-state index contributed by atoms with van der Waals surface area (Å²) in [6.45, 7) is 3.78. The molecule has 0 aliphatic carbocycles. The largest absolute Gasteiger partial charge is 0.467 e. The summed E-state index contributed by atoms with van der Waals surface area (Å²) in [5, 5.41) is 2.61. The second-order valence-corrected chi connectivity index (χ2v) is 3.98. The minimum atomic E-state index is -0.548. The zero-order valence-corrected chi connectivity index (χ0v) is 10.5. The van der Waals surface area contributed by atoms with E-state index in [1.165, 1.54) is 26.4 Å². The first-order valence-electron chi connectivity index (χ1n) is 5.99. The zero-order valence-electron chi connectivity index (χ0n) is 10.5. The summed E-state index contributed by atoms with van der Waals surface area (Å²) < 4.78 is 4.52. The molecule has 4 heteroatoms. The molecule has 0 aromatic heterocycles. The number of nitrogens with one attached hydrogen (secondary N) is 1. The van der Waals surface area contributed by atoms with Crippen LogP contribution in [0, 0.1) is 0 Å². The van der Waals surface area contributed by atoms with Gasteiger partial charge >= 0.3 is 5.97 Å². The second-order valence-electron chi connectivity index (χ2n) is 3.98. The molecule has 0 aliphatic rings. The average molecular weight is 229 g/mol. The van der Waals surface area contributed by atoms with Crippen LogP contribution >= 0.6 is 0 Å². The van der Waals surface area contributed by atoms with E-state index in [0.29, 0.717) is 6.42 Å². The van der Waals surface area contributed by atoms with E-state index in [-0.39, 0.29) is 5.91 Å². The van der Waals surface area contributed by atoms with Crippen LogP contribution in [0.4, 0.5) is 0 Å². The summed E-state index contributed by atoms with van der Waals surface area (Å²) in [5.41, 5.74) is 0. The van der Waals surface area contributed by atoms with Gasteiger partial charge in [0.1, 0.15) is 6.04 Å². The van der Waals surface area contributed by atoms with Gasteiger partial charge in [0, 0.05) is 6.42 Å². The summed E-state index contributed by atoms with van der Waals surface area (Å²) in [6, 6.07) is -0.548.